The van der Waals surface area contributed by atoms with Gasteiger partial charge in [0.1, 0.15) is 12.6 Å². The van der Waals surface area contributed by atoms with Crippen molar-refractivity contribution in [2.75, 3.05) is 13.2 Å². The molecule has 7 heteroatoms. The molecule has 0 fully saturated rings. The fraction of sp³-hybridized carbons (Fsp3) is 0.444. The summed E-state index contributed by atoms with van der Waals surface area (Å²) < 4.78 is 5.56. The van der Waals surface area contributed by atoms with Gasteiger partial charge >= 0.3 is 12.1 Å². The van der Waals surface area contributed by atoms with Gasteiger partial charge in [0.2, 0.25) is 5.91 Å². The molecule has 0 aromatic heterocycles. The summed E-state index contributed by atoms with van der Waals surface area (Å²) in [7, 11) is 0. The minimum atomic E-state index is -1.05. The third-order valence-electron chi connectivity index (χ3n) is 6.16. The summed E-state index contributed by atoms with van der Waals surface area (Å²) in [5.41, 5.74) is 4.56. The molecule has 0 saturated heterocycles. The molecular formula is C27H34N2O5. The van der Waals surface area contributed by atoms with Crippen molar-refractivity contribution < 1.29 is 24.2 Å². The number of rotatable bonds is 11. The van der Waals surface area contributed by atoms with E-state index in [1.54, 1.807) is 0 Å². The Bertz CT molecular complexity index is 974. The van der Waals surface area contributed by atoms with E-state index in [0.717, 1.165) is 22.3 Å². The molecule has 0 saturated carbocycles. The molecule has 7 nitrogen and oxygen atoms in total. The molecule has 1 unspecified atom stereocenters. The highest BCUT2D eigenvalue weighted by Gasteiger charge is 2.30. The number of carboxylic acid groups (broad SMARTS) is 1. The van der Waals surface area contributed by atoms with E-state index >= 15 is 0 Å². The Morgan fingerprint density at radius 3 is 2.12 bits per heavy atom. The van der Waals surface area contributed by atoms with E-state index in [9.17, 15) is 19.5 Å². The Kier molecular flexibility index (Phi) is 8.68. The molecule has 1 aliphatic rings. The van der Waals surface area contributed by atoms with Crippen molar-refractivity contribution in [2.24, 2.45) is 11.8 Å². The summed E-state index contributed by atoms with van der Waals surface area (Å²) in [6, 6.07) is 15.3. The maximum Gasteiger partial charge on any atom is 0.407 e. The predicted octanol–water partition coefficient (Wildman–Crippen LogP) is 4.56. The van der Waals surface area contributed by atoms with Crippen molar-refractivity contribution >= 4 is 18.0 Å². The van der Waals surface area contributed by atoms with Crippen LogP contribution in [0.15, 0.2) is 48.5 Å². The Morgan fingerprint density at radius 2 is 1.59 bits per heavy atom. The lowest BCUT2D eigenvalue weighted by molar-refractivity contribution is -0.142. The second-order valence-electron chi connectivity index (χ2n) is 9.22. The number of carboxylic acids is 1. The highest BCUT2D eigenvalue weighted by molar-refractivity contribution is 5.85. The van der Waals surface area contributed by atoms with E-state index in [0.29, 0.717) is 19.3 Å². The van der Waals surface area contributed by atoms with Crippen molar-refractivity contribution in [3.8, 4) is 11.1 Å². The molecule has 0 heterocycles. The van der Waals surface area contributed by atoms with Crippen molar-refractivity contribution in [1.29, 1.82) is 0 Å². The lowest BCUT2D eigenvalue weighted by atomic mass is 9.95. The molecule has 2 amide bonds. The normalized spacial score (nSPS) is 14.1. The van der Waals surface area contributed by atoms with Gasteiger partial charge in [-0.3, -0.25) is 4.79 Å². The minimum absolute atomic E-state index is 0.0433. The van der Waals surface area contributed by atoms with Crippen LogP contribution in [0.4, 0.5) is 4.79 Å². The monoisotopic (exact) mass is 466 g/mol. The lowest BCUT2D eigenvalue weighted by Crippen LogP contribution is -2.46. The molecule has 0 bridgehead atoms. The van der Waals surface area contributed by atoms with Crippen LogP contribution in [0.2, 0.25) is 0 Å². The zero-order valence-corrected chi connectivity index (χ0v) is 20.0. The largest absolute Gasteiger partial charge is 0.480 e. The molecule has 34 heavy (non-hydrogen) atoms. The molecule has 1 aliphatic carbocycles. The van der Waals surface area contributed by atoms with Gasteiger partial charge in [-0.2, -0.15) is 0 Å². The molecule has 3 rings (SSSR count). The van der Waals surface area contributed by atoms with Gasteiger partial charge in [0.15, 0.2) is 0 Å². The van der Waals surface area contributed by atoms with Crippen LogP contribution in [0.5, 0.6) is 0 Å². The molecule has 0 aliphatic heterocycles. The number of ether oxygens (including phenoxy) is 1. The van der Waals surface area contributed by atoms with Crippen LogP contribution in [0.1, 0.15) is 57.1 Å². The quantitative estimate of drug-likeness (QED) is 0.450. The second kappa shape index (κ2) is 11.7. The maximum atomic E-state index is 12.8. The Labute approximate surface area is 200 Å². The predicted molar refractivity (Wildman–Crippen MR) is 130 cm³/mol. The summed E-state index contributed by atoms with van der Waals surface area (Å²) in [4.78, 5) is 36.7. The van der Waals surface area contributed by atoms with Gasteiger partial charge in [0, 0.05) is 12.5 Å². The SMILES string of the molecule is CCC[C@@H](NC(=O)C(CNC(=O)OCC1c2ccccc2-c2ccccc21)CC(C)C)C(=O)O. The topological polar surface area (TPSA) is 105 Å². The number of hydrogen-bond acceptors (Lipinski definition) is 4. The van der Waals surface area contributed by atoms with Gasteiger partial charge in [-0.1, -0.05) is 75.7 Å². The summed E-state index contributed by atoms with van der Waals surface area (Å²) >= 11 is 0. The standard InChI is InChI=1S/C27H34N2O5/c1-4-9-24(26(31)32)29-25(30)18(14-17(2)3)15-28-27(33)34-16-23-21-12-7-5-10-19(21)20-11-6-8-13-22(20)23/h5-8,10-13,17-18,23-24H,4,9,14-16H2,1-3H3,(H,28,33)(H,29,30)(H,31,32)/t18?,24-/m1/s1. The maximum absolute atomic E-state index is 12.8. The molecule has 2 aromatic carbocycles. The fourth-order valence-electron chi connectivity index (χ4n) is 4.54. The highest BCUT2D eigenvalue weighted by Crippen LogP contribution is 2.44. The smallest absolute Gasteiger partial charge is 0.407 e. The van der Waals surface area contributed by atoms with Crippen LogP contribution in [0, 0.1) is 11.8 Å². The first-order valence-electron chi connectivity index (χ1n) is 11.9. The highest BCUT2D eigenvalue weighted by atomic mass is 16.5. The van der Waals surface area contributed by atoms with E-state index in [2.05, 4.69) is 34.9 Å². The van der Waals surface area contributed by atoms with Crippen LogP contribution >= 0.6 is 0 Å². The molecule has 2 atom stereocenters. The van der Waals surface area contributed by atoms with Crippen molar-refractivity contribution in [1.82, 2.24) is 10.6 Å². The number of benzene rings is 2. The Balaban J connectivity index is 1.59. The molecule has 2 aromatic rings. The lowest BCUT2D eigenvalue weighted by Gasteiger charge is -2.22. The summed E-state index contributed by atoms with van der Waals surface area (Å²) in [6.07, 6.45) is 0.930. The van der Waals surface area contributed by atoms with Crippen LogP contribution in [0.3, 0.4) is 0 Å². The number of carbonyl (C=O) groups is 3. The van der Waals surface area contributed by atoms with Gasteiger partial charge in [-0.05, 0) is 41.0 Å². The number of nitrogens with one attached hydrogen (secondary N) is 2. The van der Waals surface area contributed by atoms with Gasteiger partial charge in [-0.15, -0.1) is 0 Å². The summed E-state index contributed by atoms with van der Waals surface area (Å²) in [5.74, 6) is -1.80. The second-order valence-corrected chi connectivity index (χ2v) is 9.22. The van der Waals surface area contributed by atoms with Gasteiger partial charge in [0.05, 0.1) is 5.92 Å². The van der Waals surface area contributed by atoms with Crippen LogP contribution in [-0.2, 0) is 14.3 Å². The van der Waals surface area contributed by atoms with Crippen molar-refractivity contribution in [3.63, 3.8) is 0 Å². The average molecular weight is 467 g/mol. The van der Waals surface area contributed by atoms with E-state index in [1.165, 1.54) is 0 Å². The fourth-order valence-corrected chi connectivity index (χ4v) is 4.54. The molecule has 0 spiro atoms. The van der Waals surface area contributed by atoms with Crippen molar-refractivity contribution in [2.45, 2.75) is 52.0 Å². The first-order valence-corrected chi connectivity index (χ1v) is 11.9. The van der Waals surface area contributed by atoms with E-state index < -0.39 is 24.0 Å². The van der Waals surface area contributed by atoms with E-state index in [1.807, 2.05) is 45.0 Å². The number of amides is 2. The number of aliphatic carboxylic acids is 1. The summed E-state index contributed by atoms with van der Waals surface area (Å²) in [6.45, 7) is 6.10. The third-order valence-corrected chi connectivity index (χ3v) is 6.16. The van der Waals surface area contributed by atoms with Crippen LogP contribution in [-0.4, -0.2) is 42.3 Å². The third kappa shape index (κ3) is 6.16. The van der Waals surface area contributed by atoms with E-state index in [4.69, 9.17) is 4.74 Å². The van der Waals surface area contributed by atoms with Crippen molar-refractivity contribution in [3.05, 3.63) is 59.7 Å². The Hall–Kier alpha value is -3.35. The minimum Gasteiger partial charge on any atom is -0.480 e. The number of hydrogen-bond donors (Lipinski definition) is 3. The first-order chi connectivity index (χ1) is 16.3. The molecule has 182 valence electrons. The molecular weight excluding hydrogens is 432 g/mol. The number of fused-ring (bicyclic) bond motifs is 3. The number of alkyl carbamates (subject to hydrolysis) is 1. The molecule has 3 N–H and O–H groups in total. The zero-order chi connectivity index (χ0) is 24.7. The zero-order valence-electron chi connectivity index (χ0n) is 20.0. The molecule has 0 radical (unpaired) electrons. The first kappa shape index (κ1) is 25.3. The van der Waals surface area contributed by atoms with Gasteiger partial charge in [0.25, 0.3) is 0 Å². The van der Waals surface area contributed by atoms with Gasteiger partial charge in [-0.25, -0.2) is 9.59 Å². The Morgan fingerprint density at radius 1 is 1.00 bits per heavy atom. The van der Waals surface area contributed by atoms with Gasteiger partial charge < -0.3 is 20.5 Å². The average Bonchev–Trinajstić information content (AvgIpc) is 3.13. The van der Waals surface area contributed by atoms with E-state index in [-0.39, 0.29) is 30.9 Å². The summed E-state index contributed by atoms with van der Waals surface area (Å²) in [5, 5.41) is 14.7. The van der Waals surface area contributed by atoms with Crippen LogP contribution in [0.25, 0.3) is 11.1 Å². The number of carbonyl (C=O) groups excluding carboxylic acids is 2. The van der Waals surface area contributed by atoms with Crippen LogP contribution < -0.4 is 10.6 Å².